The first-order valence-electron chi connectivity index (χ1n) is 8.11. The molecule has 0 saturated carbocycles. The molecule has 28 heavy (non-hydrogen) atoms. The van der Waals surface area contributed by atoms with Gasteiger partial charge in [0.25, 0.3) is 0 Å². The zero-order valence-electron chi connectivity index (χ0n) is 15.2. The number of methoxy groups -OCH3 is 1. The molecule has 3 rings (SSSR count). The van der Waals surface area contributed by atoms with Crippen molar-refractivity contribution in [1.82, 2.24) is 19.5 Å². The Bertz CT molecular complexity index is 1070. The van der Waals surface area contributed by atoms with Crippen molar-refractivity contribution in [2.24, 2.45) is 7.05 Å². The van der Waals surface area contributed by atoms with Crippen molar-refractivity contribution in [2.75, 3.05) is 13.7 Å². The molecule has 0 aliphatic heterocycles. The minimum atomic E-state index is -3.82. The van der Waals surface area contributed by atoms with Gasteiger partial charge in [-0.15, -0.1) is 11.3 Å². The largest absolute Gasteiger partial charge is 0.496 e. The Kier molecular flexibility index (Phi) is 6.07. The smallest absolute Gasteiger partial charge is 0.321 e. The van der Waals surface area contributed by atoms with Crippen LogP contribution in [0.15, 0.2) is 46.9 Å². The highest BCUT2D eigenvalue weighted by Gasteiger charge is 2.18. The molecule has 2 aromatic heterocycles. The van der Waals surface area contributed by atoms with Crippen LogP contribution in [0.1, 0.15) is 5.69 Å². The van der Waals surface area contributed by atoms with E-state index in [4.69, 9.17) is 9.47 Å². The number of carbonyl (C=O) groups is 1. The molecule has 0 spiro atoms. The summed E-state index contributed by atoms with van der Waals surface area (Å²) in [7, 11) is -0.636. The van der Waals surface area contributed by atoms with Gasteiger partial charge in [-0.05, 0) is 12.1 Å². The van der Waals surface area contributed by atoms with Crippen LogP contribution < -0.4 is 9.46 Å². The van der Waals surface area contributed by atoms with Gasteiger partial charge < -0.3 is 9.47 Å². The Morgan fingerprint density at radius 3 is 2.82 bits per heavy atom. The second-order valence-electron chi connectivity index (χ2n) is 5.68. The van der Waals surface area contributed by atoms with Crippen molar-refractivity contribution in [1.29, 1.82) is 0 Å². The number of nitrogens with one attached hydrogen (secondary N) is 1. The number of hydrogen-bond acceptors (Lipinski definition) is 8. The Morgan fingerprint density at radius 1 is 1.32 bits per heavy atom. The third-order valence-corrected chi connectivity index (χ3v) is 5.95. The number of sulfonamides is 1. The first-order chi connectivity index (χ1) is 13.4. The SMILES string of the molecule is COc1ccccc1-c1nc(COC(=O)CNS(=O)(=O)c2cnn(C)c2)cs1. The Hall–Kier alpha value is -2.76. The van der Waals surface area contributed by atoms with Crippen molar-refractivity contribution < 1.29 is 22.7 Å². The summed E-state index contributed by atoms with van der Waals surface area (Å²) in [5.74, 6) is -0.00971. The molecule has 1 aromatic carbocycles. The number of rotatable bonds is 8. The number of thiazole rings is 1. The van der Waals surface area contributed by atoms with Crippen LogP contribution in [-0.2, 0) is 33.2 Å². The van der Waals surface area contributed by atoms with Crippen molar-refractivity contribution in [3.05, 3.63) is 47.7 Å². The normalized spacial score (nSPS) is 11.4. The molecule has 0 radical (unpaired) electrons. The molecule has 3 aromatic rings. The van der Waals surface area contributed by atoms with Crippen molar-refractivity contribution in [3.8, 4) is 16.3 Å². The summed E-state index contributed by atoms with van der Waals surface area (Å²) < 4.78 is 38.1. The molecule has 2 heterocycles. The lowest BCUT2D eigenvalue weighted by Crippen LogP contribution is -2.30. The highest BCUT2D eigenvalue weighted by atomic mass is 32.2. The number of esters is 1. The fourth-order valence-electron chi connectivity index (χ4n) is 2.30. The monoisotopic (exact) mass is 422 g/mol. The van der Waals surface area contributed by atoms with E-state index in [0.29, 0.717) is 11.4 Å². The second-order valence-corrected chi connectivity index (χ2v) is 8.30. The minimum absolute atomic E-state index is 0.0243. The number of nitrogens with zero attached hydrogens (tertiary/aromatic N) is 3. The average Bonchev–Trinajstić information content (AvgIpc) is 3.34. The van der Waals surface area contributed by atoms with E-state index in [1.807, 2.05) is 24.3 Å². The number of benzene rings is 1. The van der Waals surface area contributed by atoms with E-state index in [9.17, 15) is 13.2 Å². The number of para-hydroxylation sites is 1. The average molecular weight is 422 g/mol. The first-order valence-corrected chi connectivity index (χ1v) is 10.5. The number of carbonyl (C=O) groups excluding carboxylic acids is 1. The van der Waals surface area contributed by atoms with Crippen molar-refractivity contribution in [3.63, 3.8) is 0 Å². The molecular weight excluding hydrogens is 404 g/mol. The molecular formula is C17H18N4O5S2. The van der Waals surface area contributed by atoms with Crippen molar-refractivity contribution in [2.45, 2.75) is 11.5 Å². The molecule has 9 nitrogen and oxygen atoms in total. The summed E-state index contributed by atoms with van der Waals surface area (Å²) in [5.41, 5.74) is 1.41. The van der Waals surface area contributed by atoms with Crippen LogP contribution >= 0.6 is 11.3 Å². The summed E-state index contributed by atoms with van der Waals surface area (Å²) in [6, 6.07) is 7.48. The zero-order chi connectivity index (χ0) is 20.1. The van der Waals surface area contributed by atoms with E-state index in [1.54, 1.807) is 19.5 Å². The van der Waals surface area contributed by atoms with E-state index in [1.165, 1.54) is 28.4 Å². The third kappa shape index (κ3) is 4.74. The fraction of sp³-hybridized carbons (Fsp3) is 0.235. The van der Waals surface area contributed by atoms with Gasteiger partial charge in [0.15, 0.2) is 0 Å². The molecule has 0 amide bonds. The molecule has 0 unspecified atom stereocenters. The highest BCUT2D eigenvalue weighted by molar-refractivity contribution is 7.89. The lowest BCUT2D eigenvalue weighted by atomic mass is 10.2. The standard InChI is InChI=1S/C17H18N4O5S2/c1-21-9-13(7-18-21)28(23,24)19-8-16(22)26-10-12-11-27-17(20-12)14-5-3-4-6-15(14)25-2/h3-7,9,11,19H,8,10H2,1-2H3. The van der Waals surface area contributed by atoms with Gasteiger partial charge in [-0.1, -0.05) is 12.1 Å². The van der Waals surface area contributed by atoms with E-state index in [0.717, 1.165) is 10.6 Å². The molecule has 0 bridgehead atoms. The Morgan fingerprint density at radius 2 is 2.11 bits per heavy atom. The lowest BCUT2D eigenvalue weighted by molar-refractivity contribution is -0.143. The van der Waals surface area contributed by atoms with Crippen LogP contribution in [-0.4, -0.2) is 42.8 Å². The van der Waals surface area contributed by atoms with Crippen LogP contribution in [0.5, 0.6) is 5.75 Å². The van der Waals surface area contributed by atoms with Crippen LogP contribution in [0.25, 0.3) is 10.6 Å². The van der Waals surface area contributed by atoms with Crippen LogP contribution in [0.2, 0.25) is 0 Å². The molecule has 148 valence electrons. The first kappa shape index (κ1) is 20.0. The Labute approximate surface area is 166 Å². The van der Waals surface area contributed by atoms with Gasteiger partial charge in [-0.2, -0.15) is 9.82 Å². The quantitative estimate of drug-likeness (QED) is 0.548. The van der Waals surface area contributed by atoms with Gasteiger partial charge in [-0.3, -0.25) is 9.48 Å². The van der Waals surface area contributed by atoms with Gasteiger partial charge in [0.2, 0.25) is 10.0 Å². The summed E-state index contributed by atoms with van der Waals surface area (Å²) in [6.45, 7) is -0.542. The third-order valence-electron chi connectivity index (χ3n) is 3.67. The molecule has 0 fully saturated rings. The van der Waals surface area contributed by atoms with E-state index >= 15 is 0 Å². The predicted molar refractivity (Wildman–Crippen MR) is 102 cm³/mol. The van der Waals surface area contributed by atoms with E-state index in [2.05, 4.69) is 14.8 Å². The van der Waals surface area contributed by atoms with Crippen molar-refractivity contribution >= 4 is 27.3 Å². The van der Waals surface area contributed by atoms with E-state index < -0.39 is 22.5 Å². The lowest BCUT2D eigenvalue weighted by Gasteiger charge is -2.06. The molecule has 1 N–H and O–H groups in total. The summed E-state index contributed by atoms with van der Waals surface area (Å²) >= 11 is 1.40. The van der Waals surface area contributed by atoms with E-state index in [-0.39, 0.29) is 11.5 Å². The van der Waals surface area contributed by atoms with Gasteiger partial charge in [0.05, 0.1) is 24.6 Å². The topological polar surface area (TPSA) is 112 Å². The number of aryl methyl sites for hydroxylation is 1. The molecule has 0 atom stereocenters. The van der Waals surface area contributed by atoms with Crippen LogP contribution in [0.4, 0.5) is 0 Å². The van der Waals surface area contributed by atoms with Crippen LogP contribution in [0, 0.1) is 0 Å². The molecule has 0 aliphatic carbocycles. The maximum atomic E-state index is 12.1. The predicted octanol–water partition coefficient (Wildman–Crippen LogP) is 1.57. The van der Waals surface area contributed by atoms with Gasteiger partial charge in [-0.25, -0.2) is 13.4 Å². The molecule has 0 aliphatic rings. The minimum Gasteiger partial charge on any atom is -0.496 e. The zero-order valence-corrected chi connectivity index (χ0v) is 16.8. The van der Waals surface area contributed by atoms with Crippen LogP contribution in [0.3, 0.4) is 0 Å². The number of aromatic nitrogens is 3. The van der Waals surface area contributed by atoms with Gasteiger partial charge >= 0.3 is 5.97 Å². The number of hydrogen-bond donors (Lipinski definition) is 1. The van der Waals surface area contributed by atoms with Gasteiger partial charge in [0.1, 0.15) is 28.8 Å². The maximum absolute atomic E-state index is 12.1. The summed E-state index contributed by atoms with van der Waals surface area (Å²) in [4.78, 5) is 16.3. The fourth-order valence-corrected chi connectivity index (χ4v) is 4.08. The van der Waals surface area contributed by atoms with Gasteiger partial charge in [0, 0.05) is 18.6 Å². The maximum Gasteiger partial charge on any atom is 0.321 e. The highest BCUT2D eigenvalue weighted by Crippen LogP contribution is 2.31. The number of ether oxygens (including phenoxy) is 2. The molecule has 0 saturated heterocycles. The summed E-state index contributed by atoms with van der Waals surface area (Å²) in [6.07, 6.45) is 2.53. The second kappa shape index (κ2) is 8.50. The molecule has 11 heteroatoms. The Balaban J connectivity index is 1.55. The summed E-state index contributed by atoms with van der Waals surface area (Å²) in [5, 5.41) is 6.30.